The quantitative estimate of drug-likeness (QED) is 0.327. The molecule has 2 aromatic carbocycles. The van der Waals surface area contributed by atoms with Gasteiger partial charge in [0.2, 0.25) is 0 Å². The molecule has 0 aliphatic heterocycles. The summed E-state index contributed by atoms with van der Waals surface area (Å²) >= 11 is 0. The smallest absolute Gasteiger partial charge is 0.251 e. The number of aryl methyl sites for hydroxylation is 2. The van der Waals surface area contributed by atoms with E-state index in [1.54, 1.807) is 48.3 Å². The number of halogens is 2. The number of nitrogens with one attached hydrogen (secondary N) is 2. The van der Waals surface area contributed by atoms with Gasteiger partial charge in [0, 0.05) is 48.7 Å². The van der Waals surface area contributed by atoms with Gasteiger partial charge in [-0.25, -0.2) is 13.8 Å². The molecule has 0 bridgehead atoms. The Morgan fingerprint density at radius 3 is 2.58 bits per heavy atom. The van der Waals surface area contributed by atoms with Gasteiger partial charge < -0.3 is 15.0 Å². The van der Waals surface area contributed by atoms with E-state index in [9.17, 15) is 13.6 Å². The molecule has 0 radical (unpaired) electrons. The van der Waals surface area contributed by atoms with Crippen LogP contribution in [0.1, 0.15) is 27.0 Å². The van der Waals surface area contributed by atoms with E-state index in [4.69, 9.17) is 4.74 Å². The highest BCUT2D eigenvalue weighted by Gasteiger charge is 2.18. The molecule has 182 valence electrons. The molecule has 0 aliphatic rings. The first-order valence-electron chi connectivity index (χ1n) is 11.3. The van der Waals surface area contributed by atoms with Crippen molar-refractivity contribution in [3.05, 3.63) is 94.9 Å². The number of fused-ring (bicyclic) bond motifs is 1. The number of hydrogen-bond acceptors (Lipinski definition) is 4. The van der Waals surface area contributed by atoms with E-state index in [-0.39, 0.29) is 12.5 Å². The summed E-state index contributed by atoms with van der Waals surface area (Å²) in [5, 5.41) is 7.79. The number of carbonyl (C=O) groups excluding carboxylic acids is 1. The zero-order chi connectivity index (χ0) is 25.4. The van der Waals surface area contributed by atoms with Crippen molar-refractivity contribution in [3.8, 4) is 22.8 Å². The molecular weight excluding hydrogens is 464 g/mol. The lowest BCUT2D eigenvalue weighted by Gasteiger charge is -2.14. The van der Waals surface area contributed by atoms with E-state index in [0.29, 0.717) is 33.8 Å². The van der Waals surface area contributed by atoms with Crippen LogP contribution in [0.3, 0.4) is 0 Å². The number of benzene rings is 2. The second-order valence-electron chi connectivity index (χ2n) is 8.55. The Bertz CT molecular complexity index is 1590. The predicted molar refractivity (Wildman–Crippen MR) is 132 cm³/mol. The average molecular weight is 488 g/mol. The highest BCUT2D eigenvalue weighted by atomic mass is 19.1. The molecule has 0 atom stereocenters. The van der Waals surface area contributed by atoms with Crippen molar-refractivity contribution in [2.24, 2.45) is 7.05 Å². The van der Waals surface area contributed by atoms with Crippen molar-refractivity contribution in [2.45, 2.75) is 20.4 Å². The number of aromatic nitrogens is 4. The number of pyridine rings is 1. The first-order valence-corrected chi connectivity index (χ1v) is 11.3. The highest BCUT2D eigenvalue weighted by molar-refractivity contribution is 5.96. The van der Waals surface area contributed by atoms with Crippen molar-refractivity contribution >= 4 is 16.9 Å². The minimum absolute atomic E-state index is 0.0112. The molecule has 0 spiro atoms. The van der Waals surface area contributed by atoms with E-state index >= 15 is 0 Å². The molecule has 0 aliphatic carbocycles. The first-order chi connectivity index (χ1) is 17.3. The molecule has 9 heteroatoms. The summed E-state index contributed by atoms with van der Waals surface area (Å²) < 4.78 is 34.9. The maximum Gasteiger partial charge on any atom is 0.251 e. The molecular formula is C27H23F2N5O2. The fourth-order valence-corrected chi connectivity index (χ4v) is 4.24. The fourth-order valence-electron chi connectivity index (χ4n) is 4.24. The molecule has 0 saturated heterocycles. The van der Waals surface area contributed by atoms with Gasteiger partial charge in [0.15, 0.2) is 0 Å². The second-order valence-corrected chi connectivity index (χ2v) is 8.55. The highest BCUT2D eigenvalue weighted by Crippen LogP contribution is 2.37. The lowest BCUT2D eigenvalue weighted by Crippen LogP contribution is -2.23. The zero-order valence-electron chi connectivity index (χ0n) is 19.9. The molecule has 36 heavy (non-hydrogen) atoms. The van der Waals surface area contributed by atoms with E-state index < -0.39 is 11.6 Å². The normalized spacial score (nSPS) is 11.1. The third kappa shape index (κ3) is 4.43. The summed E-state index contributed by atoms with van der Waals surface area (Å²) in [4.78, 5) is 20.7. The molecule has 1 amide bonds. The van der Waals surface area contributed by atoms with Crippen LogP contribution in [0, 0.1) is 25.5 Å². The van der Waals surface area contributed by atoms with Gasteiger partial charge in [0.25, 0.3) is 5.91 Å². The van der Waals surface area contributed by atoms with Crippen LogP contribution in [0.2, 0.25) is 0 Å². The Kier molecular flexibility index (Phi) is 5.97. The number of rotatable bonds is 6. The number of aromatic amines is 1. The standard InChI is InChI=1S/C27H23F2N5O2/c1-15-21(27(35)31-12-17-9-19(28)11-20(29)10-17)5-4-6-22(15)36-23-7-8-30-26-24(23)16(2)25(33-26)18-13-32-34(3)14-18/h4-11,13-14H,12H2,1-3H3,(H,30,33)(H,31,35). The molecule has 0 saturated carbocycles. The third-order valence-corrected chi connectivity index (χ3v) is 6.02. The number of carbonyl (C=O) groups is 1. The van der Waals surface area contributed by atoms with Crippen LogP contribution in [0.15, 0.2) is 61.1 Å². The number of amides is 1. The Hall–Kier alpha value is -4.53. The molecule has 3 heterocycles. The van der Waals surface area contributed by atoms with Crippen LogP contribution in [0.25, 0.3) is 22.3 Å². The summed E-state index contributed by atoms with van der Waals surface area (Å²) in [6.45, 7) is 3.76. The Labute approximate surface area is 205 Å². The van der Waals surface area contributed by atoms with Crippen LogP contribution >= 0.6 is 0 Å². The van der Waals surface area contributed by atoms with Gasteiger partial charge >= 0.3 is 0 Å². The van der Waals surface area contributed by atoms with Crippen molar-refractivity contribution < 1.29 is 18.3 Å². The van der Waals surface area contributed by atoms with Gasteiger partial charge in [-0.3, -0.25) is 9.48 Å². The number of hydrogen-bond donors (Lipinski definition) is 2. The Balaban J connectivity index is 1.42. The van der Waals surface area contributed by atoms with Gasteiger partial charge in [-0.1, -0.05) is 6.07 Å². The van der Waals surface area contributed by atoms with E-state index in [1.165, 1.54) is 12.1 Å². The van der Waals surface area contributed by atoms with Crippen LogP contribution in [-0.2, 0) is 13.6 Å². The first kappa shape index (κ1) is 23.2. The summed E-state index contributed by atoms with van der Waals surface area (Å²) in [6.07, 6.45) is 5.36. The molecule has 5 rings (SSSR count). The minimum Gasteiger partial charge on any atom is -0.456 e. The van der Waals surface area contributed by atoms with Gasteiger partial charge in [-0.15, -0.1) is 0 Å². The number of nitrogens with zero attached hydrogens (tertiary/aromatic N) is 3. The molecule has 0 fully saturated rings. The fraction of sp³-hybridized carbons (Fsp3) is 0.148. The Morgan fingerprint density at radius 1 is 1.08 bits per heavy atom. The monoisotopic (exact) mass is 487 g/mol. The van der Waals surface area contributed by atoms with Crippen molar-refractivity contribution in [2.75, 3.05) is 0 Å². The maximum atomic E-state index is 13.5. The minimum atomic E-state index is -0.693. The average Bonchev–Trinajstić information content (AvgIpc) is 3.41. The van der Waals surface area contributed by atoms with Crippen LogP contribution in [0.5, 0.6) is 11.5 Å². The lowest BCUT2D eigenvalue weighted by molar-refractivity contribution is 0.0950. The number of ether oxygens (including phenoxy) is 1. The molecule has 7 nitrogen and oxygen atoms in total. The summed E-state index contributed by atoms with van der Waals surface area (Å²) in [5.41, 5.74) is 4.85. The molecule has 3 aromatic heterocycles. The van der Waals surface area contributed by atoms with Crippen LogP contribution < -0.4 is 10.1 Å². The van der Waals surface area contributed by atoms with Gasteiger partial charge in [0.05, 0.1) is 17.3 Å². The van der Waals surface area contributed by atoms with Crippen molar-refractivity contribution in [3.63, 3.8) is 0 Å². The van der Waals surface area contributed by atoms with E-state index in [0.717, 1.165) is 28.3 Å². The largest absolute Gasteiger partial charge is 0.456 e. The second kappa shape index (κ2) is 9.26. The lowest BCUT2D eigenvalue weighted by atomic mass is 10.1. The maximum absolute atomic E-state index is 13.5. The number of H-pyrrole nitrogens is 1. The van der Waals surface area contributed by atoms with Crippen LogP contribution in [-0.4, -0.2) is 25.7 Å². The van der Waals surface area contributed by atoms with Gasteiger partial charge in [-0.2, -0.15) is 5.10 Å². The Morgan fingerprint density at radius 2 is 1.86 bits per heavy atom. The van der Waals surface area contributed by atoms with Crippen molar-refractivity contribution in [1.29, 1.82) is 0 Å². The SMILES string of the molecule is Cc1c(Oc2ccnc3[nH]c(-c4cnn(C)c4)c(C)c23)cccc1C(=O)NCc1cc(F)cc(F)c1. The van der Waals surface area contributed by atoms with Crippen molar-refractivity contribution in [1.82, 2.24) is 25.1 Å². The molecule has 2 N–H and O–H groups in total. The third-order valence-electron chi connectivity index (χ3n) is 6.02. The predicted octanol–water partition coefficient (Wildman–Crippen LogP) is 5.58. The zero-order valence-corrected chi connectivity index (χ0v) is 19.9. The molecule has 5 aromatic rings. The van der Waals surface area contributed by atoms with Gasteiger partial charge in [0.1, 0.15) is 28.8 Å². The van der Waals surface area contributed by atoms with Gasteiger partial charge in [-0.05, 0) is 55.3 Å². The topological polar surface area (TPSA) is 84.8 Å². The summed E-state index contributed by atoms with van der Waals surface area (Å²) in [6, 6.07) is 10.1. The van der Waals surface area contributed by atoms with Crippen LogP contribution in [0.4, 0.5) is 8.78 Å². The molecule has 0 unspecified atom stereocenters. The summed E-state index contributed by atoms with van der Waals surface area (Å²) in [5.74, 6) is -0.656. The summed E-state index contributed by atoms with van der Waals surface area (Å²) in [7, 11) is 1.86. The van der Waals surface area contributed by atoms with E-state index in [1.807, 2.05) is 20.2 Å². The van der Waals surface area contributed by atoms with E-state index in [2.05, 4.69) is 20.4 Å².